The van der Waals surface area contributed by atoms with Gasteiger partial charge in [0.1, 0.15) is 18.2 Å². The Labute approximate surface area is 201 Å². The summed E-state index contributed by atoms with van der Waals surface area (Å²) in [5.74, 6) is -0.334. The van der Waals surface area contributed by atoms with E-state index >= 15 is 0 Å². The zero-order chi connectivity index (χ0) is 23.7. The summed E-state index contributed by atoms with van der Waals surface area (Å²) in [5.41, 5.74) is 1.74. The first-order valence-corrected chi connectivity index (χ1v) is 12.1. The molecule has 2 N–H and O–H groups in total. The van der Waals surface area contributed by atoms with Crippen molar-refractivity contribution in [2.24, 2.45) is 0 Å². The topological polar surface area (TPSA) is 83.6 Å². The molecule has 5 rings (SSSR count). The van der Waals surface area contributed by atoms with Gasteiger partial charge < -0.3 is 20.3 Å². The predicted octanol–water partition coefficient (Wildman–Crippen LogP) is 4.04. The molecule has 2 heterocycles. The number of amides is 2. The van der Waals surface area contributed by atoms with E-state index in [-0.39, 0.29) is 17.9 Å². The maximum atomic E-state index is 13.4. The van der Waals surface area contributed by atoms with Gasteiger partial charge in [0.25, 0.3) is 5.19 Å². The van der Waals surface area contributed by atoms with Crippen molar-refractivity contribution in [1.29, 1.82) is 0 Å². The van der Waals surface area contributed by atoms with Crippen LogP contribution in [-0.2, 0) is 9.59 Å². The lowest BCUT2D eigenvalue weighted by Crippen LogP contribution is -2.49. The Morgan fingerprint density at radius 3 is 2.65 bits per heavy atom. The fourth-order valence-corrected chi connectivity index (χ4v) is 5.31. The number of hydrogen-bond donors (Lipinski definition) is 2. The second-order valence-electron chi connectivity index (χ2n) is 8.47. The number of thiazole rings is 1. The van der Waals surface area contributed by atoms with Gasteiger partial charge in [-0.3, -0.25) is 9.59 Å². The van der Waals surface area contributed by atoms with Crippen molar-refractivity contribution in [3.63, 3.8) is 0 Å². The highest BCUT2D eigenvalue weighted by Gasteiger charge is 2.42. The van der Waals surface area contributed by atoms with E-state index < -0.39 is 12.1 Å². The van der Waals surface area contributed by atoms with Crippen LogP contribution in [0.4, 0.5) is 5.69 Å². The summed E-state index contributed by atoms with van der Waals surface area (Å²) in [6.07, 6.45) is 0.115. The molecule has 1 aliphatic rings. The molecule has 0 bridgehead atoms. The van der Waals surface area contributed by atoms with Gasteiger partial charge >= 0.3 is 0 Å². The third kappa shape index (κ3) is 4.41. The molecule has 8 heteroatoms. The van der Waals surface area contributed by atoms with Crippen LogP contribution in [0.25, 0.3) is 21.0 Å². The quantitative estimate of drug-likeness (QED) is 0.441. The van der Waals surface area contributed by atoms with Crippen molar-refractivity contribution in [2.45, 2.75) is 31.5 Å². The van der Waals surface area contributed by atoms with E-state index in [1.807, 2.05) is 67.6 Å². The predicted molar refractivity (Wildman–Crippen MR) is 135 cm³/mol. The molecule has 3 atom stereocenters. The average molecular weight is 475 g/mol. The number of rotatable bonds is 6. The second kappa shape index (κ2) is 9.30. The summed E-state index contributed by atoms with van der Waals surface area (Å²) in [6.45, 7) is 2.15. The smallest absolute Gasteiger partial charge is 0.274 e. The lowest BCUT2D eigenvalue weighted by molar-refractivity contribution is -0.138. The lowest BCUT2D eigenvalue weighted by Gasteiger charge is -2.27. The Morgan fingerprint density at radius 2 is 1.85 bits per heavy atom. The molecule has 0 aliphatic carbocycles. The molecular formula is C26H26N4O3S. The van der Waals surface area contributed by atoms with Gasteiger partial charge in [0, 0.05) is 19.2 Å². The monoisotopic (exact) mass is 474 g/mol. The molecule has 0 spiro atoms. The molecule has 34 heavy (non-hydrogen) atoms. The van der Waals surface area contributed by atoms with Crippen molar-refractivity contribution >= 4 is 49.8 Å². The number of nitrogens with zero attached hydrogens (tertiary/aromatic N) is 2. The number of likely N-dealkylation sites (tertiary alicyclic amines) is 1. The number of anilines is 1. The van der Waals surface area contributed by atoms with E-state index in [2.05, 4.69) is 21.7 Å². The third-order valence-corrected chi connectivity index (χ3v) is 7.07. The number of ether oxygens (including phenoxy) is 1. The fourth-order valence-electron chi connectivity index (χ4n) is 4.43. The fraction of sp³-hybridized carbons (Fsp3) is 0.269. The van der Waals surface area contributed by atoms with Gasteiger partial charge in [-0.1, -0.05) is 53.8 Å². The Hall–Kier alpha value is -3.65. The van der Waals surface area contributed by atoms with E-state index in [0.717, 1.165) is 26.7 Å². The zero-order valence-electron chi connectivity index (χ0n) is 19.0. The molecule has 174 valence electrons. The van der Waals surface area contributed by atoms with Crippen molar-refractivity contribution in [2.75, 3.05) is 18.9 Å². The van der Waals surface area contributed by atoms with Crippen molar-refractivity contribution < 1.29 is 14.3 Å². The molecule has 3 aromatic carbocycles. The van der Waals surface area contributed by atoms with Crippen molar-refractivity contribution in [3.05, 3.63) is 66.7 Å². The maximum absolute atomic E-state index is 13.4. The minimum atomic E-state index is -0.585. The molecule has 2 amide bonds. The Morgan fingerprint density at radius 1 is 1.09 bits per heavy atom. The normalized spacial score (nSPS) is 18.7. The number of likely N-dealkylation sites (N-methyl/N-ethyl adjacent to an activating group) is 1. The number of aromatic nitrogens is 1. The highest BCUT2D eigenvalue weighted by Crippen LogP contribution is 2.31. The maximum Gasteiger partial charge on any atom is 0.274 e. The minimum absolute atomic E-state index is 0.142. The number of benzene rings is 3. The van der Waals surface area contributed by atoms with E-state index in [0.29, 0.717) is 18.2 Å². The Balaban J connectivity index is 1.30. The van der Waals surface area contributed by atoms with Gasteiger partial charge in [-0.15, -0.1) is 0 Å². The molecule has 1 aliphatic heterocycles. The van der Waals surface area contributed by atoms with Crippen LogP contribution in [0.3, 0.4) is 0 Å². The van der Waals surface area contributed by atoms with Gasteiger partial charge in [0.2, 0.25) is 11.8 Å². The van der Waals surface area contributed by atoms with Crippen LogP contribution in [0.1, 0.15) is 13.3 Å². The highest BCUT2D eigenvalue weighted by atomic mass is 32.1. The van der Waals surface area contributed by atoms with E-state index in [1.54, 1.807) is 11.9 Å². The van der Waals surface area contributed by atoms with Crippen LogP contribution in [0.15, 0.2) is 66.7 Å². The van der Waals surface area contributed by atoms with Crippen molar-refractivity contribution in [3.8, 4) is 5.19 Å². The number of hydrogen-bond acceptors (Lipinski definition) is 6. The number of nitrogens with one attached hydrogen (secondary N) is 2. The first kappa shape index (κ1) is 22.2. The molecular weight excluding hydrogens is 448 g/mol. The number of para-hydroxylation sites is 1. The van der Waals surface area contributed by atoms with Crippen LogP contribution < -0.4 is 15.4 Å². The molecule has 0 radical (unpaired) electrons. The zero-order valence-corrected chi connectivity index (χ0v) is 19.8. The first-order chi connectivity index (χ1) is 16.5. The Bertz CT molecular complexity index is 1320. The summed E-state index contributed by atoms with van der Waals surface area (Å²) in [5, 5.41) is 8.77. The molecule has 1 saturated heterocycles. The van der Waals surface area contributed by atoms with Gasteiger partial charge in [-0.05, 0) is 42.0 Å². The summed E-state index contributed by atoms with van der Waals surface area (Å²) in [7, 11) is 1.59. The number of carbonyl (C=O) groups excluding carboxylic acids is 2. The first-order valence-electron chi connectivity index (χ1n) is 11.3. The molecule has 7 nitrogen and oxygen atoms in total. The molecule has 0 unspecified atom stereocenters. The lowest BCUT2D eigenvalue weighted by atomic mass is 10.1. The Kier molecular flexibility index (Phi) is 6.06. The van der Waals surface area contributed by atoms with Crippen LogP contribution in [0.5, 0.6) is 5.19 Å². The SMILES string of the molecule is CNC(=O)[C@@H]1C[C@@H](Oc2nc3ccccc3s2)CN1C(=O)[C@H](C)Nc1ccc2ccccc2c1. The van der Waals surface area contributed by atoms with E-state index in [9.17, 15) is 9.59 Å². The highest BCUT2D eigenvalue weighted by molar-refractivity contribution is 7.20. The van der Waals surface area contributed by atoms with Crippen LogP contribution in [0.2, 0.25) is 0 Å². The minimum Gasteiger partial charge on any atom is -0.465 e. The summed E-state index contributed by atoms with van der Waals surface area (Å²) in [6, 6.07) is 20.9. The molecule has 1 fully saturated rings. The van der Waals surface area contributed by atoms with Crippen LogP contribution >= 0.6 is 11.3 Å². The molecule has 4 aromatic rings. The van der Waals surface area contributed by atoms with E-state index in [1.165, 1.54) is 11.3 Å². The van der Waals surface area contributed by atoms with Gasteiger partial charge in [-0.2, -0.15) is 0 Å². The number of carbonyl (C=O) groups is 2. The van der Waals surface area contributed by atoms with Crippen LogP contribution in [0, 0.1) is 0 Å². The molecule has 1 aromatic heterocycles. The van der Waals surface area contributed by atoms with Gasteiger partial charge in [-0.25, -0.2) is 4.98 Å². The average Bonchev–Trinajstić information content (AvgIpc) is 3.46. The second-order valence-corrected chi connectivity index (χ2v) is 9.46. The van der Waals surface area contributed by atoms with Gasteiger partial charge in [0.15, 0.2) is 0 Å². The summed E-state index contributed by atoms with van der Waals surface area (Å²) >= 11 is 1.47. The molecule has 0 saturated carbocycles. The van der Waals surface area contributed by atoms with Crippen molar-refractivity contribution in [1.82, 2.24) is 15.2 Å². The summed E-state index contributed by atoms with van der Waals surface area (Å²) in [4.78, 5) is 32.2. The third-order valence-electron chi connectivity index (χ3n) is 6.14. The number of fused-ring (bicyclic) bond motifs is 2. The van der Waals surface area contributed by atoms with Crippen LogP contribution in [-0.4, -0.2) is 53.5 Å². The summed E-state index contributed by atoms with van der Waals surface area (Å²) < 4.78 is 7.17. The standard InChI is InChI=1S/C26H26N4O3S/c1-16(28-19-12-11-17-7-3-4-8-18(17)13-19)25(32)30-15-20(14-22(30)24(31)27-2)33-26-29-21-9-5-6-10-23(21)34-26/h3-13,16,20,22,28H,14-15H2,1-2H3,(H,27,31)/t16-,20+,22-/m0/s1. The van der Waals surface area contributed by atoms with Gasteiger partial charge in [0.05, 0.1) is 16.8 Å². The largest absolute Gasteiger partial charge is 0.465 e. The van der Waals surface area contributed by atoms with E-state index in [4.69, 9.17) is 4.74 Å².